The van der Waals surface area contributed by atoms with Crippen molar-refractivity contribution in [3.8, 4) is 5.75 Å². The number of piperidine rings is 1. The predicted octanol–water partition coefficient (Wildman–Crippen LogP) is 1.04. The minimum absolute atomic E-state index is 0.0250. The molecule has 142 valence electrons. The van der Waals surface area contributed by atoms with Gasteiger partial charge in [0.2, 0.25) is 5.91 Å². The fourth-order valence-corrected chi connectivity index (χ4v) is 3.38. The highest BCUT2D eigenvalue weighted by atomic mass is 16.6. The number of nitrogens with one attached hydrogen (secondary N) is 3. The number of likely N-dealkylation sites (tertiary alicyclic amines) is 1. The van der Waals surface area contributed by atoms with Crippen LogP contribution in [0, 0.1) is 0 Å². The van der Waals surface area contributed by atoms with Crippen LogP contribution < -0.4 is 16.2 Å². The van der Waals surface area contributed by atoms with Gasteiger partial charge in [-0.2, -0.15) is 0 Å². The van der Waals surface area contributed by atoms with Crippen LogP contribution in [0.2, 0.25) is 0 Å². The number of carbonyl (C=O) groups excluding carboxylic acids is 2. The van der Waals surface area contributed by atoms with E-state index in [1.807, 2.05) is 12.1 Å². The number of hydrazine groups is 1. The van der Waals surface area contributed by atoms with E-state index in [-0.39, 0.29) is 35.9 Å². The summed E-state index contributed by atoms with van der Waals surface area (Å²) in [4.78, 5) is 25.9. The first-order valence-corrected chi connectivity index (χ1v) is 9.09. The summed E-state index contributed by atoms with van der Waals surface area (Å²) >= 11 is 0. The first-order chi connectivity index (χ1) is 12.6. The molecule has 2 heterocycles. The third-order valence-corrected chi connectivity index (χ3v) is 4.88. The van der Waals surface area contributed by atoms with E-state index in [0.29, 0.717) is 26.1 Å². The number of ether oxygens (including phenoxy) is 1. The Morgan fingerprint density at radius 2 is 1.92 bits per heavy atom. The van der Waals surface area contributed by atoms with Gasteiger partial charge in [0, 0.05) is 25.2 Å². The summed E-state index contributed by atoms with van der Waals surface area (Å²) in [5, 5.41) is 12.4. The number of carbonyl (C=O) groups is 2. The van der Waals surface area contributed by atoms with Gasteiger partial charge in [-0.05, 0) is 43.9 Å². The molecule has 0 spiro atoms. The van der Waals surface area contributed by atoms with E-state index >= 15 is 0 Å². The lowest BCUT2D eigenvalue weighted by molar-refractivity contribution is -0.123. The zero-order valence-electron chi connectivity index (χ0n) is 14.9. The maximum atomic E-state index is 12.5. The van der Waals surface area contributed by atoms with Crippen LogP contribution >= 0.6 is 0 Å². The topological polar surface area (TPSA) is 103 Å². The van der Waals surface area contributed by atoms with E-state index in [2.05, 4.69) is 16.2 Å². The molecule has 2 amide bonds. The van der Waals surface area contributed by atoms with E-state index < -0.39 is 0 Å². The van der Waals surface area contributed by atoms with Crippen LogP contribution in [0.4, 0.5) is 4.79 Å². The average molecular weight is 362 g/mol. The molecule has 0 saturated carbocycles. The van der Waals surface area contributed by atoms with Gasteiger partial charge in [-0.1, -0.05) is 12.1 Å². The lowest BCUT2D eigenvalue weighted by Gasteiger charge is -2.32. The largest absolute Gasteiger partial charge is 0.508 e. The molecule has 0 aromatic heterocycles. The van der Waals surface area contributed by atoms with Crippen LogP contribution in [0.1, 0.15) is 37.8 Å². The Hall–Kier alpha value is -2.32. The van der Waals surface area contributed by atoms with Crippen LogP contribution in [0.15, 0.2) is 24.3 Å². The van der Waals surface area contributed by atoms with Crippen molar-refractivity contribution < 1.29 is 19.4 Å². The number of amides is 2. The average Bonchev–Trinajstić information content (AvgIpc) is 3.13. The Kier molecular flexibility index (Phi) is 5.95. The standard InChI is InChI=1S/C18H26N4O4/c1-2-26-18(25)22-9-7-13(8-10-22)19-17(24)16-11-15(20-21-16)12-3-5-14(23)6-4-12/h3-6,13,15-16,20-21,23H,2,7-11H2,1H3,(H,19,24). The molecule has 2 aliphatic rings. The van der Waals surface area contributed by atoms with Crippen molar-refractivity contribution in [3.05, 3.63) is 29.8 Å². The smallest absolute Gasteiger partial charge is 0.409 e. The SMILES string of the molecule is CCOC(=O)N1CCC(NC(=O)C2CC(c3ccc(O)cc3)NN2)CC1. The summed E-state index contributed by atoms with van der Waals surface area (Å²) in [6.45, 7) is 3.35. The van der Waals surface area contributed by atoms with Crippen molar-refractivity contribution in [2.75, 3.05) is 19.7 Å². The molecule has 1 aromatic rings. The Balaban J connectivity index is 1.45. The fourth-order valence-electron chi connectivity index (χ4n) is 3.38. The zero-order valence-corrected chi connectivity index (χ0v) is 14.9. The molecule has 3 rings (SSSR count). The van der Waals surface area contributed by atoms with Crippen molar-refractivity contribution in [1.82, 2.24) is 21.1 Å². The predicted molar refractivity (Wildman–Crippen MR) is 95.3 cm³/mol. The van der Waals surface area contributed by atoms with Gasteiger partial charge in [0.15, 0.2) is 0 Å². The molecule has 0 aliphatic carbocycles. The molecule has 2 aliphatic heterocycles. The van der Waals surface area contributed by atoms with E-state index in [1.54, 1.807) is 24.0 Å². The second kappa shape index (κ2) is 8.37. The Morgan fingerprint density at radius 1 is 1.23 bits per heavy atom. The molecule has 2 fully saturated rings. The van der Waals surface area contributed by atoms with Crippen LogP contribution in [-0.2, 0) is 9.53 Å². The molecule has 8 nitrogen and oxygen atoms in total. The van der Waals surface area contributed by atoms with Gasteiger partial charge in [-0.15, -0.1) is 0 Å². The van der Waals surface area contributed by atoms with E-state index in [4.69, 9.17) is 4.74 Å². The lowest BCUT2D eigenvalue weighted by atomic mass is 10.0. The third kappa shape index (κ3) is 4.44. The van der Waals surface area contributed by atoms with Gasteiger partial charge in [0.25, 0.3) is 0 Å². The zero-order chi connectivity index (χ0) is 18.5. The minimum atomic E-state index is -0.308. The summed E-state index contributed by atoms with van der Waals surface area (Å²) in [7, 11) is 0. The molecule has 2 saturated heterocycles. The number of hydrogen-bond acceptors (Lipinski definition) is 6. The van der Waals surface area contributed by atoms with Gasteiger partial charge in [0.05, 0.1) is 6.61 Å². The first-order valence-electron chi connectivity index (χ1n) is 9.09. The molecule has 1 aromatic carbocycles. The highest BCUT2D eigenvalue weighted by Crippen LogP contribution is 2.24. The van der Waals surface area contributed by atoms with Crippen molar-refractivity contribution >= 4 is 12.0 Å². The summed E-state index contributed by atoms with van der Waals surface area (Å²) in [5.74, 6) is 0.191. The second-order valence-electron chi connectivity index (χ2n) is 6.69. The Morgan fingerprint density at radius 3 is 2.58 bits per heavy atom. The second-order valence-corrected chi connectivity index (χ2v) is 6.69. The van der Waals surface area contributed by atoms with Crippen LogP contribution in [-0.4, -0.2) is 53.8 Å². The quantitative estimate of drug-likeness (QED) is 0.638. The number of rotatable bonds is 4. The molecule has 26 heavy (non-hydrogen) atoms. The Labute approximate surface area is 152 Å². The minimum Gasteiger partial charge on any atom is -0.508 e. The van der Waals surface area contributed by atoms with Gasteiger partial charge < -0.3 is 20.1 Å². The molecular weight excluding hydrogens is 336 g/mol. The molecule has 0 bridgehead atoms. The highest BCUT2D eigenvalue weighted by Gasteiger charge is 2.32. The third-order valence-electron chi connectivity index (χ3n) is 4.88. The summed E-state index contributed by atoms with van der Waals surface area (Å²) in [6.07, 6.45) is 1.81. The number of nitrogens with zero attached hydrogens (tertiary/aromatic N) is 1. The summed E-state index contributed by atoms with van der Waals surface area (Å²) < 4.78 is 5.01. The van der Waals surface area contributed by atoms with Gasteiger partial charge in [-0.25, -0.2) is 15.6 Å². The molecule has 2 atom stereocenters. The first kappa shape index (κ1) is 18.5. The van der Waals surface area contributed by atoms with E-state index in [1.165, 1.54) is 0 Å². The van der Waals surface area contributed by atoms with Crippen molar-refractivity contribution in [1.29, 1.82) is 0 Å². The normalized spacial score (nSPS) is 23.7. The number of phenolic OH excluding ortho intramolecular Hbond substituents is 1. The summed E-state index contributed by atoms with van der Waals surface area (Å²) in [6, 6.07) is 6.76. The van der Waals surface area contributed by atoms with Crippen LogP contribution in [0.3, 0.4) is 0 Å². The number of hydrogen-bond donors (Lipinski definition) is 4. The number of aromatic hydroxyl groups is 1. The van der Waals surface area contributed by atoms with Gasteiger partial charge in [0.1, 0.15) is 11.8 Å². The monoisotopic (exact) mass is 362 g/mol. The maximum absolute atomic E-state index is 12.5. The molecule has 4 N–H and O–H groups in total. The van der Waals surface area contributed by atoms with Crippen molar-refractivity contribution in [3.63, 3.8) is 0 Å². The maximum Gasteiger partial charge on any atom is 0.409 e. The Bertz CT molecular complexity index is 629. The lowest BCUT2D eigenvalue weighted by Crippen LogP contribution is -2.51. The van der Waals surface area contributed by atoms with Crippen LogP contribution in [0.5, 0.6) is 5.75 Å². The molecule has 8 heteroatoms. The molecule has 0 radical (unpaired) electrons. The number of phenols is 1. The van der Waals surface area contributed by atoms with Crippen molar-refractivity contribution in [2.24, 2.45) is 0 Å². The molecular formula is C18H26N4O4. The van der Waals surface area contributed by atoms with Gasteiger partial charge >= 0.3 is 6.09 Å². The summed E-state index contributed by atoms with van der Waals surface area (Å²) in [5.41, 5.74) is 7.20. The van der Waals surface area contributed by atoms with E-state index in [0.717, 1.165) is 18.4 Å². The number of benzene rings is 1. The molecule has 2 unspecified atom stereocenters. The van der Waals surface area contributed by atoms with Crippen LogP contribution in [0.25, 0.3) is 0 Å². The highest BCUT2D eigenvalue weighted by molar-refractivity contribution is 5.82. The fraction of sp³-hybridized carbons (Fsp3) is 0.556. The van der Waals surface area contributed by atoms with Gasteiger partial charge in [-0.3, -0.25) is 4.79 Å². The van der Waals surface area contributed by atoms with Crippen molar-refractivity contribution in [2.45, 2.75) is 44.3 Å². The van der Waals surface area contributed by atoms with E-state index in [9.17, 15) is 14.7 Å².